The summed E-state index contributed by atoms with van der Waals surface area (Å²) in [6.45, 7) is 0.540. The van der Waals surface area contributed by atoms with Gasteiger partial charge in [0.25, 0.3) is 0 Å². The first-order valence-corrected chi connectivity index (χ1v) is 7.10. The summed E-state index contributed by atoms with van der Waals surface area (Å²) < 4.78 is 4.81. The highest BCUT2D eigenvalue weighted by Gasteiger charge is 2.16. The van der Waals surface area contributed by atoms with Gasteiger partial charge >= 0.3 is 0 Å². The van der Waals surface area contributed by atoms with Crippen LogP contribution in [-0.2, 0) is 19.4 Å². The molecule has 3 N–H and O–H groups in total. The molecule has 0 bridgehead atoms. The van der Waals surface area contributed by atoms with Crippen LogP contribution in [0.5, 0.6) is 0 Å². The number of thiocarbonyl (C=S) groups is 1. The minimum atomic E-state index is 0.369. The van der Waals surface area contributed by atoms with Gasteiger partial charge in [-0.15, -0.1) is 0 Å². The highest BCUT2D eigenvalue weighted by Crippen LogP contribution is 2.25. The average molecular weight is 288 g/mol. The summed E-state index contributed by atoms with van der Waals surface area (Å²) >= 11 is 5.13. The Morgan fingerprint density at radius 1 is 1.40 bits per heavy atom. The van der Waals surface area contributed by atoms with Crippen molar-refractivity contribution in [2.45, 2.75) is 32.2 Å². The Balaban J connectivity index is 1.89. The zero-order valence-corrected chi connectivity index (χ0v) is 11.9. The third kappa shape index (κ3) is 2.65. The third-order valence-electron chi connectivity index (χ3n) is 3.49. The molecule has 1 aliphatic carbocycles. The van der Waals surface area contributed by atoms with Crippen molar-refractivity contribution < 1.29 is 4.52 Å². The van der Waals surface area contributed by atoms with E-state index in [1.165, 1.54) is 18.4 Å². The van der Waals surface area contributed by atoms with E-state index in [0.717, 1.165) is 35.6 Å². The van der Waals surface area contributed by atoms with Crippen molar-refractivity contribution in [2.75, 3.05) is 5.32 Å². The van der Waals surface area contributed by atoms with Crippen LogP contribution in [0.15, 0.2) is 22.9 Å². The first-order chi connectivity index (χ1) is 9.74. The molecule has 6 heteroatoms. The molecule has 0 aliphatic heterocycles. The quantitative estimate of drug-likeness (QED) is 0.840. The molecule has 1 aliphatic rings. The molecule has 0 spiro atoms. The minimum absolute atomic E-state index is 0.369. The molecule has 5 nitrogen and oxygen atoms in total. The lowest BCUT2D eigenvalue weighted by Crippen LogP contribution is -2.18. The fraction of sp³-hybridized carbons (Fsp3) is 0.357. The van der Waals surface area contributed by atoms with Crippen LogP contribution in [0.1, 0.15) is 35.4 Å². The van der Waals surface area contributed by atoms with Gasteiger partial charge in [-0.3, -0.25) is 0 Å². The van der Waals surface area contributed by atoms with Gasteiger partial charge in [0.15, 0.2) is 0 Å². The second-order valence-corrected chi connectivity index (χ2v) is 5.35. The molecular formula is C14H16N4OS. The second kappa shape index (κ2) is 5.58. The van der Waals surface area contributed by atoms with E-state index in [-0.39, 0.29) is 0 Å². The molecule has 20 heavy (non-hydrogen) atoms. The Kier molecular flexibility index (Phi) is 3.64. The number of hydrogen-bond acceptors (Lipinski definition) is 5. The molecule has 0 atom stereocenters. The van der Waals surface area contributed by atoms with E-state index in [9.17, 15) is 0 Å². The average Bonchev–Trinajstić information content (AvgIpc) is 2.97. The third-order valence-corrected chi connectivity index (χ3v) is 3.71. The number of fused-ring (bicyclic) bond motifs is 1. The van der Waals surface area contributed by atoms with Gasteiger partial charge < -0.3 is 15.6 Å². The van der Waals surface area contributed by atoms with Crippen molar-refractivity contribution in [3.8, 4) is 0 Å². The number of hydrogen-bond donors (Lipinski definition) is 2. The Morgan fingerprint density at radius 3 is 3.00 bits per heavy atom. The van der Waals surface area contributed by atoms with Crippen LogP contribution in [0.4, 0.5) is 5.82 Å². The highest BCUT2D eigenvalue weighted by atomic mass is 32.1. The predicted molar refractivity (Wildman–Crippen MR) is 80.6 cm³/mol. The van der Waals surface area contributed by atoms with Gasteiger partial charge in [-0.25, -0.2) is 4.98 Å². The summed E-state index contributed by atoms with van der Waals surface area (Å²) in [5, 5.41) is 7.11. The Morgan fingerprint density at radius 2 is 2.25 bits per heavy atom. The van der Waals surface area contributed by atoms with E-state index in [1.807, 2.05) is 6.07 Å². The second-order valence-electron chi connectivity index (χ2n) is 4.91. The first-order valence-electron chi connectivity index (χ1n) is 6.70. The van der Waals surface area contributed by atoms with E-state index < -0.39 is 0 Å². The number of nitrogens with one attached hydrogen (secondary N) is 1. The van der Waals surface area contributed by atoms with Crippen LogP contribution >= 0.6 is 12.2 Å². The normalized spacial score (nSPS) is 13.8. The predicted octanol–water partition coefficient (Wildman–Crippen LogP) is 2.19. The molecule has 3 rings (SSSR count). The standard InChI is InChI=1S/C14H16N4OS/c15-13(20)11-7-9-3-1-2-4-12(9)17-14(11)16-8-10-5-6-19-18-10/h5-7H,1-4,8H2,(H2,15,20)(H,16,17). The molecule has 0 radical (unpaired) electrons. The monoisotopic (exact) mass is 288 g/mol. The number of pyridine rings is 1. The van der Waals surface area contributed by atoms with Gasteiger partial charge in [0.2, 0.25) is 0 Å². The number of nitrogens with zero attached hydrogens (tertiary/aromatic N) is 2. The van der Waals surface area contributed by atoms with Gasteiger partial charge in [0, 0.05) is 11.8 Å². The Bertz CT molecular complexity index is 624. The number of aromatic nitrogens is 2. The topological polar surface area (TPSA) is 77.0 Å². The fourth-order valence-corrected chi connectivity index (χ4v) is 2.61. The van der Waals surface area contributed by atoms with E-state index >= 15 is 0 Å². The lowest BCUT2D eigenvalue weighted by Gasteiger charge is -2.18. The Hall–Kier alpha value is -1.95. The molecule has 0 amide bonds. The van der Waals surface area contributed by atoms with E-state index in [2.05, 4.69) is 16.5 Å². The highest BCUT2D eigenvalue weighted by molar-refractivity contribution is 7.80. The van der Waals surface area contributed by atoms with E-state index in [4.69, 9.17) is 27.5 Å². The zero-order valence-electron chi connectivity index (χ0n) is 11.1. The van der Waals surface area contributed by atoms with Crippen molar-refractivity contribution in [3.63, 3.8) is 0 Å². The molecule has 0 saturated heterocycles. The molecule has 0 fully saturated rings. The van der Waals surface area contributed by atoms with Gasteiger partial charge in [-0.05, 0) is 37.3 Å². The van der Waals surface area contributed by atoms with Crippen molar-refractivity contribution in [3.05, 3.63) is 40.9 Å². The maximum atomic E-state index is 5.81. The molecule has 2 heterocycles. The molecule has 0 aromatic carbocycles. The van der Waals surface area contributed by atoms with E-state index in [0.29, 0.717) is 11.5 Å². The molecule has 104 valence electrons. The zero-order chi connectivity index (χ0) is 13.9. The van der Waals surface area contributed by atoms with Crippen LogP contribution in [0.3, 0.4) is 0 Å². The van der Waals surface area contributed by atoms with Crippen LogP contribution in [-0.4, -0.2) is 15.1 Å². The van der Waals surface area contributed by atoms with Crippen molar-refractivity contribution in [1.82, 2.24) is 10.1 Å². The number of aryl methyl sites for hydroxylation is 2. The lowest BCUT2D eigenvalue weighted by atomic mass is 9.94. The minimum Gasteiger partial charge on any atom is -0.389 e. The van der Waals surface area contributed by atoms with Crippen LogP contribution < -0.4 is 11.1 Å². The van der Waals surface area contributed by atoms with Crippen molar-refractivity contribution in [2.24, 2.45) is 5.73 Å². The maximum Gasteiger partial charge on any atom is 0.136 e. The van der Waals surface area contributed by atoms with Gasteiger partial charge in [0.1, 0.15) is 22.8 Å². The summed E-state index contributed by atoms with van der Waals surface area (Å²) in [5.74, 6) is 0.737. The molecule has 0 saturated carbocycles. The number of nitrogens with two attached hydrogens (primary N) is 1. The van der Waals surface area contributed by atoms with Crippen molar-refractivity contribution in [1.29, 1.82) is 0 Å². The van der Waals surface area contributed by atoms with Gasteiger partial charge in [-0.2, -0.15) is 0 Å². The van der Waals surface area contributed by atoms with Gasteiger partial charge in [-0.1, -0.05) is 17.4 Å². The lowest BCUT2D eigenvalue weighted by molar-refractivity contribution is 0.412. The summed E-state index contributed by atoms with van der Waals surface area (Å²) in [6.07, 6.45) is 6.02. The van der Waals surface area contributed by atoms with Crippen LogP contribution in [0.2, 0.25) is 0 Å². The first kappa shape index (κ1) is 13.1. The molecule has 2 aromatic rings. The molecule has 0 unspecified atom stereocenters. The van der Waals surface area contributed by atoms with Crippen LogP contribution in [0.25, 0.3) is 0 Å². The smallest absolute Gasteiger partial charge is 0.136 e. The Labute approximate surface area is 122 Å². The molecular weight excluding hydrogens is 272 g/mol. The summed E-state index contributed by atoms with van der Waals surface area (Å²) in [7, 11) is 0. The number of rotatable bonds is 4. The molecule has 2 aromatic heterocycles. The van der Waals surface area contributed by atoms with Crippen LogP contribution in [0, 0.1) is 0 Å². The summed E-state index contributed by atoms with van der Waals surface area (Å²) in [4.78, 5) is 5.07. The van der Waals surface area contributed by atoms with Crippen molar-refractivity contribution >= 4 is 23.0 Å². The largest absolute Gasteiger partial charge is 0.389 e. The summed E-state index contributed by atoms with van der Waals surface area (Å²) in [6, 6.07) is 3.89. The number of anilines is 1. The summed E-state index contributed by atoms with van der Waals surface area (Å²) in [5.41, 5.74) is 9.86. The fourth-order valence-electron chi connectivity index (χ4n) is 2.46. The maximum absolute atomic E-state index is 5.81. The van der Waals surface area contributed by atoms with E-state index in [1.54, 1.807) is 6.26 Å². The van der Waals surface area contributed by atoms with Gasteiger partial charge in [0.05, 0.1) is 12.1 Å². The SMILES string of the molecule is NC(=S)c1cc2c(nc1NCc1ccon1)CCCC2.